The van der Waals surface area contributed by atoms with E-state index in [1.165, 1.54) is 17.0 Å². The van der Waals surface area contributed by atoms with Gasteiger partial charge in [-0.15, -0.1) is 0 Å². The average molecular weight is 687 g/mol. The van der Waals surface area contributed by atoms with Crippen LogP contribution in [-0.4, -0.2) is 44.3 Å². The van der Waals surface area contributed by atoms with Crippen molar-refractivity contribution in [3.63, 3.8) is 0 Å². The first kappa shape index (κ1) is 34.3. The molecule has 0 spiro atoms. The van der Waals surface area contributed by atoms with E-state index < -0.39 is 28.5 Å². The van der Waals surface area contributed by atoms with Crippen molar-refractivity contribution in [1.82, 2.24) is 10.2 Å². The van der Waals surface area contributed by atoms with Gasteiger partial charge in [0.2, 0.25) is 11.8 Å². The largest absolute Gasteiger partial charge is 0.354 e. The van der Waals surface area contributed by atoms with Crippen molar-refractivity contribution in [2.24, 2.45) is 0 Å². The first-order valence-corrected chi connectivity index (χ1v) is 17.0. The Hall–Kier alpha value is -3.56. The van der Waals surface area contributed by atoms with E-state index in [-0.39, 0.29) is 29.5 Å². The molecule has 7 nitrogen and oxygen atoms in total. The number of rotatable bonds is 13. The summed E-state index contributed by atoms with van der Waals surface area (Å²) in [7, 11) is -4.24. The van der Waals surface area contributed by atoms with Crippen LogP contribution in [0.2, 0.25) is 15.1 Å². The summed E-state index contributed by atoms with van der Waals surface area (Å²) in [5.74, 6) is -0.946. The summed E-state index contributed by atoms with van der Waals surface area (Å²) >= 11 is 18.9. The number of hydrogen-bond donors (Lipinski definition) is 1. The molecule has 4 rings (SSSR count). The molecule has 45 heavy (non-hydrogen) atoms. The Kier molecular flexibility index (Phi) is 11.9. The first-order chi connectivity index (χ1) is 21.5. The topological polar surface area (TPSA) is 86.8 Å². The van der Waals surface area contributed by atoms with E-state index in [0.717, 1.165) is 9.87 Å². The highest BCUT2D eigenvalue weighted by atomic mass is 35.5. The van der Waals surface area contributed by atoms with Crippen LogP contribution in [0.25, 0.3) is 0 Å². The molecule has 11 heteroatoms. The number of halogens is 3. The van der Waals surface area contributed by atoms with Crippen molar-refractivity contribution >= 4 is 62.3 Å². The zero-order valence-electron chi connectivity index (χ0n) is 24.9. The lowest BCUT2D eigenvalue weighted by atomic mass is 10.0. The van der Waals surface area contributed by atoms with Crippen LogP contribution in [0.1, 0.15) is 30.0 Å². The van der Waals surface area contributed by atoms with E-state index in [0.29, 0.717) is 39.2 Å². The molecule has 2 amide bonds. The van der Waals surface area contributed by atoms with Gasteiger partial charge in [-0.1, -0.05) is 102 Å². The van der Waals surface area contributed by atoms with Gasteiger partial charge < -0.3 is 10.2 Å². The smallest absolute Gasteiger partial charge is 0.264 e. The molecule has 4 aromatic rings. The lowest BCUT2D eigenvalue weighted by Crippen LogP contribution is -2.53. The van der Waals surface area contributed by atoms with Crippen LogP contribution >= 0.6 is 34.8 Å². The zero-order valence-corrected chi connectivity index (χ0v) is 28.0. The number of nitrogens with zero attached hydrogens (tertiary/aromatic N) is 2. The van der Waals surface area contributed by atoms with Gasteiger partial charge in [-0.2, -0.15) is 0 Å². The Labute approximate surface area is 279 Å². The molecule has 0 saturated heterocycles. The molecule has 0 bridgehead atoms. The molecule has 4 aromatic carbocycles. The molecule has 0 aliphatic rings. The van der Waals surface area contributed by atoms with Crippen molar-refractivity contribution in [3.05, 3.63) is 129 Å². The van der Waals surface area contributed by atoms with Crippen LogP contribution in [-0.2, 0) is 32.6 Å². The van der Waals surface area contributed by atoms with Crippen molar-refractivity contribution in [2.45, 2.75) is 44.2 Å². The molecule has 0 saturated carbocycles. The second-order valence-corrected chi connectivity index (χ2v) is 13.6. The lowest BCUT2D eigenvalue weighted by Gasteiger charge is -2.34. The molecule has 236 valence electrons. The maximum Gasteiger partial charge on any atom is 0.264 e. The molecule has 0 unspecified atom stereocenters. The number of amides is 2. The first-order valence-electron chi connectivity index (χ1n) is 14.4. The van der Waals surface area contributed by atoms with Crippen LogP contribution in [0, 0.1) is 6.92 Å². The summed E-state index contributed by atoms with van der Waals surface area (Å²) in [5, 5.41) is 3.91. The van der Waals surface area contributed by atoms with Crippen molar-refractivity contribution in [2.75, 3.05) is 17.4 Å². The van der Waals surface area contributed by atoms with Crippen LogP contribution < -0.4 is 9.62 Å². The molecule has 0 aliphatic carbocycles. The third kappa shape index (κ3) is 8.58. The van der Waals surface area contributed by atoms with Gasteiger partial charge in [0.1, 0.15) is 12.6 Å². The predicted octanol–water partition coefficient (Wildman–Crippen LogP) is 7.32. The van der Waals surface area contributed by atoms with Gasteiger partial charge in [0.05, 0.1) is 20.6 Å². The van der Waals surface area contributed by atoms with Gasteiger partial charge in [0, 0.05) is 24.5 Å². The number of carbonyl (C=O) groups excluding carboxylic acids is 2. The summed E-state index contributed by atoms with van der Waals surface area (Å²) in [6.07, 6.45) is 0.896. The van der Waals surface area contributed by atoms with E-state index in [2.05, 4.69) is 5.32 Å². The third-order valence-corrected chi connectivity index (χ3v) is 10.2. The van der Waals surface area contributed by atoms with E-state index in [9.17, 15) is 18.0 Å². The van der Waals surface area contributed by atoms with Gasteiger partial charge in [-0.05, 0) is 66.4 Å². The highest BCUT2D eigenvalue weighted by Crippen LogP contribution is 2.31. The van der Waals surface area contributed by atoms with Crippen molar-refractivity contribution in [1.29, 1.82) is 0 Å². The molecular weight excluding hydrogens is 653 g/mol. The van der Waals surface area contributed by atoms with Gasteiger partial charge in [-0.3, -0.25) is 13.9 Å². The average Bonchev–Trinajstić information content (AvgIpc) is 3.04. The Morgan fingerprint density at radius 2 is 1.47 bits per heavy atom. The second-order valence-electron chi connectivity index (χ2n) is 10.5. The van der Waals surface area contributed by atoms with E-state index in [1.54, 1.807) is 61.5 Å². The molecule has 1 atom stereocenters. The Balaban J connectivity index is 1.83. The number of anilines is 1. The number of hydrogen-bond acceptors (Lipinski definition) is 4. The quantitative estimate of drug-likeness (QED) is 0.160. The van der Waals surface area contributed by atoms with Crippen molar-refractivity contribution in [3.8, 4) is 0 Å². The molecule has 0 aromatic heterocycles. The number of sulfonamides is 1. The molecule has 0 fully saturated rings. The molecule has 0 heterocycles. The monoisotopic (exact) mass is 685 g/mol. The fourth-order valence-corrected chi connectivity index (χ4v) is 6.84. The zero-order chi connectivity index (χ0) is 32.6. The number of nitrogens with one attached hydrogen (secondary N) is 1. The third-order valence-electron chi connectivity index (χ3n) is 7.28. The van der Waals surface area contributed by atoms with Gasteiger partial charge in [-0.25, -0.2) is 8.42 Å². The summed E-state index contributed by atoms with van der Waals surface area (Å²) in [5.41, 5.74) is 2.20. The van der Waals surface area contributed by atoms with Gasteiger partial charge in [0.25, 0.3) is 10.0 Å². The van der Waals surface area contributed by atoms with E-state index >= 15 is 0 Å². The molecule has 0 aliphatic heterocycles. The summed E-state index contributed by atoms with van der Waals surface area (Å²) < 4.78 is 29.3. The number of carbonyl (C=O) groups is 2. The fourth-order valence-electron chi connectivity index (χ4n) is 4.85. The van der Waals surface area contributed by atoms with E-state index in [1.807, 2.05) is 37.3 Å². The summed E-state index contributed by atoms with van der Waals surface area (Å²) in [4.78, 5) is 29.7. The van der Waals surface area contributed by atoms with Crippen LogP contribution in [0.4, 0.5) is 5.69 Å². The highest BCUT2D eigenvalue weighted by Gasteiger charge is 2.35. The Morgan fingerprint density at radius 1 is 0.800 bits per heavy atom. The lowest BCUT2D eigenvalue weighted by molar-refractivity contribution is -0.140. The molecule has 1 N–H and O–H groups in total. The van der Waals surface area contributed by atoms with Crippen LogP contribution in [0.5, 0.6) is 0 Å². The standard InChI is InChI=1S/C34H34Cl3N3O4S/c1-3-19-38-34(42)32(21-25-11-6-4-7-12-25)39(22-26-17-18-29(36)30(37)20-26)33(41)23-40(31-16-10-15-28(35)24(31)2)45(43,44)27-13-8-5-9-14-27/h4-18,20,32H,3,19,21-23H2,1-2H3,(H,38,42)/t32-/m0/s1. The minimum atomic E-state index is -4.24. The van der Waals surface area contributed by atoms with Gasteiger partial charge >= 0.3 is 0 Å². The summed E-state index contributed by atoms with van der Waals surface area (Å²) in [6.45, 7) is 3.42. The van der Waals surface area contributed by atoms with Crippen LogP contribution in [0.3, 0.4) is 0 Å². The highest BCUT2D eigenvalue weighted by molar-refractivity contribution is 7.92. The summed E-state index contributed by atoms with van der Waals surface area (Å²) in [6, 6.07) is 26.1. The number of benzene rings is 4. The maximum absolute atomic E-state index is 14.5. The SMILES string of the molecule is CCCNC(=O)[C@H](Cc1ccccc1)N(Cc1ccc(Cl)c(Cl)c1)C(=O)CN(c1cccc(Cl)c1C)S(=O)(=O)c1ccccc1. The Morgan fingerprint density at radius 3 is 2.11 bits per heavy atom. The van der Waals surface area contributed by atoms with Gasteiger partial charge in [0.15, 0.2) is 0 Å². The normalized spacial score (nSPS) is 11.9. The Bertz CT molecular complexity index is 1740. The van der Waals surface area contributed by atoms with Crippen molar-refractivity contribution < 1.29 is 18.0 Å². The fraction of sp³-hybridized carbons (Fsp3) is 0.235. The predicted molar refractivity (Wildman–Crippen MR) is 181 cm³/mol. The van der Waals surface area contributed by atoms with E-state index in [4.69, 9.17) is 34.8 Å². The molecular formula is C34H34Cl3N3O4S. The molecule has 0 radical (unpaired) electrons. The van der Waals surface area contributed by atoms with Crippen LogP contribution in [0.15, 0.2) is 102 Å². The minimum absolute atomic E-state index is 0.00901. The maximum atomic E-state index is 14.5. The minimum Gasteiger partial charge on any atom is -0.354 e. The second kappa shape index (κ2) is 15.6.